The molecule has 0 radical (unpaired) electrons. The molecule has 0 saturated heterocycles. The van der Waals surface area contributed by atoms with Gasteiger partial charge in [-0.2, -0.15) is 4.98 Å². The molecule has 5 nitrogen and oxygen atoms in total. The molecule has 2 aromatic rings. The molecule has 4 N–H and O–H groups in total. The van der Waals surface area contributed by atoms with E-state index in [0.29, 0.717) is 24.9 Å². The Hall–Kier alpha value is -2.10. The van der Waals surface area contributed by atoms with Crippen LogP contribution in [0.4, 0.5) is 17.5 Å². The van der Waals surface area contributed by atoms with Gasteiger partial charge in [-0.3, -0.25) is 0 Å². The maximum Gasteiger partial charge on any atom is 0.229 e. The highest BCUT2D eigenvalue weighted by Gasteiger charge is 2.04. The molecular weight excluding hydrogens is 330 g/mol. The van der Waals surface area contributed by atoms with Gasteiger partial charge in [0.25, 0.3) is 0 Å². The van der Waals surface area contributed by atoms with E-state index in [-0.39, 0.29) is 0 Å². The van der Waals surface area contributed by atoms with Crippen LogP contribution in [-0.2, 0) is 6.42 Å². The molecule has 0 aliphatic carbocycles. The number of hydrogen-bond acceptors (Lipinski definition) is 5. The van der Waals surface area contributed by atoms with E-state index in [4.69, 9.17) is 12.2 Å². The number of anilines is 3. The quantitative estimate of drug-likeness (QED) is 0.701. The third-order valence-electron chi connectivity index (χ3n) is 2.75. The van der Waals surface area contributed by atoms with Crippen LogP contribution in [0.3, 0.4) is 0 Å². The van der Waals surface area contributed by atoms with Crippen molar-refractivity contribution in [2.24, 2.45) is 5.73 Å². The number of benzene rings is 1. The molecule has 0 fully saturated rings. The van der Waals surface area contributed by atoms with Gasteiger partial charge in [0.05, 0.1) is 11.0 Å². The van der Waals surface area contributed by atoms with Crippen molar-refractivity contribution in [1.82, 2.24) is 9.97 Å². The average molecular weight is 346 g/mol. The number of terminal acetylenes is 1. The molecule has 0 spiro atoms. The fourth-order valence-corrected chi connectivity index (χ4v) is 2.07. The predicted molar refractivity (Wildman–Crippen MR) is 89.5 cm³/mol. The highest BCUT2D eigenvalue weighted by molar-refractivity contribution is 9.10. The van der Waals surface area contributed by atoms with E-state index in [2.05, 4.69) is 42.5 Å². The zero-order valence-electron chi connectivity index (χ0n) is 11.4. The Morgan fingerprint density at radius 2 is 2.05 bits per heavy atom. The Morgan fingerprint density at radius 3 is 2.71 bits per heavy atom. The number of hydrogen-bond donors (Lipinski definition) is 3. The van der Waals surface area contributed by atoms with Crippen molar-refractivity contribution in [3.8, 4) is 12.3 Å². The van der Waals surface area contributed by atoms with E-state index in [1.54, 1.807) is 6.20 Å². The Bertz CT molecular complexity index is 634. The molecule has 0 unspecified atom stereocenters. The van der Waals surface area contributed by atoms with E-state index >= 15 is 0 Å². The van der Waals surface area contributed by atoms with Crippen LogP contribution in [0, 0.1) is 12.3 Å². The molecule has 0 atom stereocenters. The maximum atomic E-state index is 5.53. The summed E-state index contributed by atoms with van der Waals surface area (Å²) in [5.41, 5.74) is 7.65. The van der Waals surface area contributed by atoms with Crippen molar-refractivity contribution in [2.75, 3.05) is 23.7 Å². The first-order valence-corrected chi connectivity index (χ1v) is 7.28. The Balaban J connectivity index is 2.10. The van der Waals surface area contributed by atoms with Gasteiger partial charge < -0.3 is 16.4 Å². The lowest BCUT2D eigenvalue weighted by Crippen LogP contribution is -2.05. The van der Waals surface area contributed by atoms with Crippen LogP contribution in [-0.4, -0.2) is 23.1 Å². The lowest BCUT2D eigenvalue weighted by atomic mass is 10.1. The molecule has 0 aliphatic rings. The van der Waals surface area contributed by atoms with Crippen LogP contribution in [0.25, 0.3) is 0 Å². The van der Waals surface area contributed by atoms with Crippen LogP contribution in [0.1, 0.15) is 5.56 Å². The second-order valence-electron chi connectivity index (χ2n) is 4.31. The molecule has 2 rings (SSSR count). The van der Waals surface area contributed by atoms with E-state index in [0.717, 1.165) is 16.6 Å². The molecular formula is C15H16BrN5. The first-order chi connectivity index (χ1) is 10.2. The summed E-state index contributed by atoms with van der Waals surface area (Å²) in [6.45, 7) is 1.05. The summed E-state index contributed by atoms with van der Waals surface area (Å²) >= 11 is 3.38. The van der Waals surface area contributed by atoms with E-state index in [1.165, 1.54) is 5.56 Å². The molecule has 6 heteroatoms. The fraction of sp³-hybridized carbons (Fsp3) is 0.200. The van der Waals surface area contributed by atoms with Crippen molar-refractivity contribution < 1.29 is 0 Å². The van der Waals surface area contributed by atoms with Crippen molar-refractivity contribution in [2.45, 2.75) is 6.42 Å². The normalized spacial score (nSPS) is 9.95. The van der Waals surface area contributed by atoms with E-state index in [9.17, 15) is 0 Å². The van der Waals surface area contributed by atoms with Gasteiger partial charge in [-0.15, -0.1) is 6.42 Å². The van der Waals surface area contributed by atoms with Gasteiger partial charge in [0.1, 0.15) is 5.82 Å². The highest BCUT2D eigenvalue weighted by atomic mass is 79.9. The molecule has 108 valence electrons. The van der Waals surface area contributed by atoms with Gasteiger partial charge in [-0.05, 0) is 46.6 Å². The minimum Gasteiger partial charge on any atom is -0.358 e. The monoisotopic (exact) mass is 345 g/mol. The number of rotatable bonds is 6. The van der Waals surface area contributed by atoms with Gasteiger partial charge in [0, 0.05) is 11.9 Å². The van der Waals surface area contributed by atoms with Crippen molar-refractivity contribution in [3.63, 3.8) is 0 Å². The van der Waals surface area contributed by atoms with Crippen LogP contribution >= 0.6 is 15.9 Å². The first kappa shape index (κ1) is 15.3. The third kappa shape index (κ3) is 4.45. The molecule has 21 heavy (non-hydrogen) atoms. The van der Waals surface area contributed by atoms with E-state index < -0.39 is 0 Å². The number of nitrogens with two attached hydrogens (primary N) is 1. The smallest absolute Gasteiger partial charge is 0.229 e. The van der Waals surface area contributed by atoms with Crippen LogP contribution in [0.2, 0.25) is 0 Å². The van der Waals surface area contributed by atoms with Gasteiger partial charge in [0.2, 0.25) is 5.95 Å². The Kier molecular flexibility index (Phi) is 5.55. The molecule has 1 heterocycles. The summed E-state index contributed by atoms with van der Waals surface area (Å²) in [4.78, 5) is 8.59. The molecule has 0 amide bonds. The molecule has 0 saturated carbocycles. The van der Waals surface area contributed by atoms with E-state index in [1.807, 2.05) is 24.3 Å². The minimum absolute atomic E-state index is 0.406. The first-order valence-electron chi connectivity index (χ1n) is 6.49. The summed E-state index contributed by atoms with van der Waals surface area (Å²) in [5.74, 6) is 3.67. The zero-order valence-corrected chi connectivity index (χ0v) is 13.0. The standard InChI is InChI=1S/C15H16BrN5/c1-2-9-18-14-13(16)10-19-15(21-14)20-12-5-3-11(4-6-12)7-8-17/h1,3-6,10H,7-9,17H2,(H2,18,19,20,21). The molecule has 1 aromatic carbocycles. The summed E-state index contributed by atoms with van der Waals surface area (Å²) in [5, 5.41) is 6.18. The fourth-order valence-electron chi connectivity index (χ4n) is 1.74. The second-order valence-corrected chi connectivity index (χ2v) is 5.16. The van der Waals surface area contributed by atoms with Gasteiger partial charge in [0.15, 0.2) is 0 Å². The van der Waals surface area contributed by atoms with Gasteiger partial charge in [-0.1, -0.05) is 18.1 Å². The zero-order chi connectivity index (χ0) is 15.1. The molecule has 0 bridgehead atoms. The molecule has 1 aromatic heterocycles. The minimum atomic E-state index is 0.406. The largest absolute Gasteiger partial charge is 0.358 e. The number of nitrogens with one attached hydrogen (secondary N) is 2. The second kappa shape index (κ2) is 7.62. The SMILES string of the molecule is C#CCNc1nc(Nc2ccc(CCN)cc2)ncc1Br. The third-order valence-corrected chi connectivity index (χ3v) is 3.33. The summed E-state index contributed by atoms with van der Waals surface area (Å²) in [6, 6.07) is 8.02. The topological polar surface area (TPSA) is 75.9 Å². The number of nitrogens with zero attached hydrogens (tertiary/aromatic N) is 2. The Morgan fingerprint density at radius 1 is 1.29 bits per heavy atom. The number of aromatic nitrogens is 2. The van der Waals surface area contributed by atoms with Crippen LogP contribution in [0.5, 0.6) is 0 Å². The highest BCUT2D eigenvalue weighted by Crippen LogP contribution is 2.21. The molecule has 0 aliphatic heterocycles. The van der Waals surface area contributed by atoms with Crippen LogP contribution in [0.15, 0.2) is 34.9 Å². The lowest BCUT2D eigenvalue weighted by Gasteiger charge is -2.09. The summed E-state index contributed by atoms with van der Waals surface area (Å²) in [6.07, 6.45) is 7.78. The van der Waals surface area contributed by atoms with Crippen LogP contribution < -0.4 is 16.4 Å². The average Bonchev–Trinajstić information content (AvgIpc) is 2.50. The van der Waals surface area contributed by atoms with Crippen molar-refractivity contribution in [3.05, 3.63) is 40.5 Å². The maximum absolute atomic E-state index is 5.53. The lowest BCUT2D eigenvalue weighted by molar-refractivity contribution is 0.969. The Labute approximate surface area is 132 Å². The van der Waals surface area contributed by atoms with Gasteiger partial charge in [-0.25, -0.2) is 4.98 Å². The van der Waals surface area contributed by atoms with Crippen molar-refractivity contribution in [1.29, 1.82) is 0 Å². The number of halogens is 1. The van der Waals surface area contributed by atoms with Gasteiger partial charge >= 0.3 is 0 Å². The predicted octanol–water partition coefficient (Wildman–Crippen LogP) is 2.53. The summed E-state index contributed by atoms with van der Waals surface area (Å²) in [7, 11) is 0. The summed E-state index contributed by atoms with van der Waals surface area (Å²) < 4.78 is 0.765. The van der Waals surface area contributed by atoms with Crippen molar-refractivity contribution >= 4 is 33.4 Å².